The molecule has 1 aliphatic heterocycles. The van der Waals surface area contributed by atoms with Crippen LogP contribution in [0.15, 0.2) is 0 Å². The van der Waals surface area contributed by atoms with Gasteiger partial charge in [0.05, 0.1) is 6.42 Å². The summed E-state index contributed by atoms with van der Waals surface area (Å²) < 4.78 is 0. The van der Waals surface area contributed by atoms with Crippen molar-refractivity contribution in [3.05, 3.63) is 0 Å². The van der Waals surface area contributed by atoms with Crippen LogP contribution in [0.1, 0.15) is 26.7 Å². The molecule has 1 saturated heterocycles. The van der Waals surface area contributed by atoms with E-state index in [1.807, 2.05) is 0 Å². The quantitative estimate of drug-likeness (QED) is 0.608. The Hall–Kier alpha value is -1.83. The number of amides is 3. The van der Waals surface area contributed by atoms with Gasteiger partial charge < -0.3 is 21.1 Å². The average molecular weight is 300 g/mol. The minimum atomic E-state index is -1.28. The Morgan fingerprint density at radius 2 is 1.81 bits per heavy atom. The molecule has 0 aromatic heterocycles. The molecule has 0 radical (unpaired) electrons. The van der Waals surface area contributed by atoms with E-state index in [2.05, 4.69) is 24.1 Å². The molecule has 0 aromatic carbocycles. The maximum Gasteiger partial charge on any atom is 0.326 e. The van der Waals surface area contributed by atoms with Crippen LogP contribution >= 0.6 is 0 Å². The molecule has 1 rings (SSSR count). The van der Waals surface area contributed by atoms with Gasteiger partial charge >= 0.3 is 12.0 Å². The number of carbonyl (C=O) groups excluding carboxylic acids is 2. The molecule has 1 unspecified atom stereocenters. The predicted molar refractivity (Wildman–Crippen MR) is 76.7 cm³/mol. The molecule has 1 fully saturated rings. The summed E-state index contributed by atoms with van der Waals surface area (Å²) in [7, 11) is 0. The summed E-state index contributed by atoms with van der Waals surface area (Å²) >= 11 is 0. The highest BCUT2D eigenvalue weighted by Gasteiger charge is 2.27. The fourth-order valence-corrected chi connectivity index (χ4v) is 2.27. The second kappa shape index (κ2) is 7.82. The van der Waals surface area contributed by atoms with Gasteiger partial charge in [-0.2, -0.15) is 0 Å². The molecule has 1 heterocycles. The second-order valence-electron chi connectivity index (χ2n) is 5.29. The number of carboxylic acids is 1. The molecule has 120 valence electrons. The zero-order chi connectivity index (χ0) is 16.0. The molecule has 0 aliphatic carbocycles. The van der Waals surface area contributed by atoms with E-state index in [-0.39, 0.29) is 0 Å². The van der Waals surface area contributed by atoms with Crippen molar-refractivity contribution in [2.75, 3.05) is 26.2 Å². The number of aliphatic carboxylic acids is 1. The van der Waals surface area contributed by atoms with Crippen molar-refractivity contribution in [1.29, 1.82) is 0 Å². The van der Waals surface area contributed by atoms with E-state index in [0.717, 1.165) is 19.5 Å². The number of hydrogen-bond acceptors (Lipinski definition) is 4. The lowest BCUT2D eigenvalue weighted by Gasteiger charge is -2.38. The van der Waals surface area contributed by atoms with E-state index in [0.29, 0.717) is 19.1 Å². The number of nitrogens with one attached hydrogen (secondary N) is 1. The smallest absolute Gasteiger partial charge is 0.326 e. The van der Waals surface area contributed by atoms with Crippen LogP contribution in [-0.4, -0.2) is 71.1 Å². The van der Waals surface area contributed by atoms with Crippen molar-refractivity contribution in [1.82, 2.24) is 15.1 Å². The van der Waals surface area contributed by atoms with E-state index >= 15 is 0 Å². The van der Waals surface area contributed by atoms with Gasteiger partial charge in [0, 0.05) is 32.2 Å². The predicted octanol–water partition coefficient (Wildman–Crippen LogP) is -0.559. The lowest BCUT2D eigenvalue weighted by molar-refractivity contribution is -0.141. The largest absolute Gasteiger partial charge is 0.480 e. The van der Waals surface area contributed by atoms with Crippen molar-refractivity contribution >= 4 is 17.9 Å². The van der Waals surface area contributed by atoms with Gasteiger partial charge in [-0.1, -0.05) is 6.92 Å². The molecule has 8 heteroatoms. The van der Waals surface area contributed by atoms with E-state index in [4.69, 9.17) is 10.8 Å². The molecule has 1 aliphatic rings. The molecule has 0 saturated carbocycles. The summed E-state index contributed by atoms with van der Waals surface area (Å²) in [6.45, 7) is 6.86. The van der Waals surface area contributed by atoms with Crippen LogP contribution in [0.2, 0.25) is 0 Å². The van der Waals surface area contributed by atoms with Crippen molar-refractivity contribution < 1.29 is 19.5 Å². The number of carboxylic acid groups (broad SMARTS) is 1. The number of hydrogen-bond donors (Lipinski definition) is 3. The first kappa shape index (κ1) is 17.2. The lowest BCUT2D eigenvalue weighted by Crippen LogP contribution is -2.56. The van der Waals surface area contributed by atoms with Crippen LogP contribution in [0.3, 0.4) is 0 Å². The Bertz CT molecular complexity index is 394. The van der Waals surface area contributed by atoms with Crippen molar-refractivity contribution in [2.45, 2.75) is 38.8 Å². The molecule has 0 bridgehead atoms. The fraction of sp³-hybridized carbons (Fsp3) is 0.769. The number of rotatable bonds is 6. The Kier molecular flexibility index (Phi) is 6.41. The summed E-state index contributed by atoms with van der Waals surface area (Å²) in [6.07, 6.45) is 0.639. The van der Waals surface area contributed by atoms with E-state index < -0.39 is 30.4 Å². The van der Waals surface area contributed by atoms with Gasteiger partial charge in [0.15, 0.2) is 0 Å². The van der Waals surface area contributed by atoms with Gasteiger partial charge in [-0.3, -0.25) is 9.69 Å². The minimum absolute atomic E-state index is 0.409. The summed E-state index contributed by atoms with van der Waals surface area (Å²) in [4.78, 5) is 37.7. The number of urea groups is 1. The molecule has 8 nitrogen and oxygen atoms in total. The summed E-state index contributed by atoms with van der Waals surface area (Å²) in [6, 6.07) is -1.27. The van der Waals surface area contributed by atoms with Crippen molar-refractivity contribution in [3.63, 3.8) is 0 Å². The van der Waals surface area contributed by atoms with Gasteiger partial charge in [0.1, 0.15) is 6.04 Å². The van der Waals surface area contributed by atoms with Crippen molar-refractivity contribution in [2.24, 2.45) is 5.73 Å². The lowest BCUT2D eigenvalue weighted by atomic mass is 10.2. The van der Waals surface area contributed by atoms with Crippen LogP contribution < -0.4 is 11.1 Å². The normalized spacial score (nSPS) is 18.9. The Morgan fingerprint density at radius 1 is 1.24 bits per heavy atom. The van der Waals surface area contributed by atoms with Crippen LogP contribution in [0.25, 0.3) is 0 Å². The van der Waals surface area contributed by atoms with Crippen LogP contribution in [0.4, 0.5) is 4.79 Å². The van der Waals surface area contributed by atoms with E-state index in [9.17, 15) is 14.4 Å². The van der Waals surface area contributed by atoms with Gasteiger partial charge in [-0.15, -0.1) is 0 Å². The van der Waals surface area contributed by atoms with Gasteiger partial charge in [-0.05, 0) is 13.3 Å². The molecular formula is C13H24N4O4. The van der Waals surface area contributed by atoms with Gasteiger partial charge in [0.2, 0.25) is 5.91 Å². The molecule has 21 heavy (non-hydrogen) atoms. The number of nitrogens with two attached hydrogens (primary N) is 1. The van der Waals surface area contributed by atoms with Gasteiger partial charge in [-0.25, -0.2) is 9.59 Å². The monoisotopic (exact) mass is 300 g/mol. The van der Waals surface area contributed by atoms with Crippen LogP contribution in [-0.2, 0) is 9.59 Å². The van der Waals surface area contributed by atoms with Crippen LogP contribution in [0.5, 0.6) is 0 Å². The number of piperazine rings is 1. The summed E-state index contributed by atoms with van der Waals surface area (Å²) in [5.74, 6) is -2.02. The second-order valence-corrected chi connectivity index (χ2v) is 5.29. The third kappa shape index (κ3) is 5.22. The summed E-state index contributed by atoms with van der Waals surface area (Å²) in [5.41, 5.74) is 4.98. The third-order valence-electron chi connectivity index (χ3n) is 3.82. The molecule has 0 aromatic rings. The van der Waals surface area contributed by atoms with E-state index in [1.54, 1.807) is 4.90 Å². The Morgan fingerprint density at radius 3 is 2.24 bits per heavy atom. The topological polar surface area (TPSA) is 116 Å². The summed E-state index contributed by atoms with van der Waals surface area (Å²) in [5, 5.41) is 11.3. The number of carbonyl (C=O) groups is 3. The van der Waals surface area contributed by atoms with Crippen molar-refractivity contribution in [3.8, 4) is 0 Å². The standard InChI is InChI=1S/C13H24N4O4/c1-3-9(2)16-4-6-17(7-5-16)13(21)15-10(12(19)20)8-11(14)18/h9-10H,3-8H2,1-2H3,(H2,14,18)(H,15,21)(H,19,20)/t9?,10-/m0/s1. The zero-order valence-corrected chi connectivity index (χ0v) is 12.5. The average Bonchev–Trinajstić information content (AvgIpc) is 2.45. The number of nitrogens with zero attached hydrogens (tertiary/aromatic N) is 2. The Balaban J connectivity index is 2.49. The highest BCUT2D eigenvalue weighted by Crippen LogP contribution is 2.09. The third-order valence-corrected chi connectivity index (χ3v) is 3.82. The van der Waals surface area contributed by atoms with Crippen LogP contribution in [0, 0.1) is 0 Å². The number of primary amides is 1. The molecular weight excluding hydrogens is 276 g/mol. The minimum Gasteiger partial charge on any atom is -0.480 e. The maximum absolute atomic E-state index is 12.0. The molecule has 3 amide bonds. The molecule has 2 atom stereocenters. The zero-order valence-electron chi connectivity index (χ0n) is 12.5. The first-order valence-corrected chi connectivity index (χ1v) is 7.15. The first-order valence-electron chi connectivity index (χ1n) is 7.15. The maximum atomic E-state index is 12.0. The first-order chi connectivity index (χ1) is 9.85. The Labute approximate surface area is 124 Å². The highest BCUT2D eigenvalue weighted by molar-refractivity contribution is 5.87. The van der Waals surface area contributed by atoms with Gasteiger partial charge in [0.25, 0.3) is 0 Å². The molecule has 4 N–H and O–H groups in total. The fourth-order valence-electron chi connectivity index (χ4n) is 2.27. The molecule has 0 spiro atoms. The van der Waals surface area contributed by atoms with E-state index in [1.165, 1.54) is 0 Å². The highest BCUT2D eigenvalue weighted by atomic mass is 16.4. The SMILES string of the molecule is CCC(C)N1CCN(C(=O)N[C@@H](CC(N)=O)C(=O)O)CC1.